The fraction of sp³-hybridized carbons (Fsp3) is 0.280. The number of carbonyl (C=O) groups excluding carboxylic acids is 1. The molecule has 30 heavy (non-hydrogen) atoms. The van der Waals surface area contributed by atoms with Crippen LogP contribution in [0.5, 0.6) is 0 Å². The number of anilines is 2. The fourth-order valence-corrected chi connectivity index (χ4v) is 4.05. The lowest BCUT2D eigenvalue weighted by Crippen LogP contribution is -2.14. The van der Waals surface area contributed by atoms with Gasteiger partial charge in [0.1, 0.15) is 0 Å². The number of benzene rings is 2. The first-order valence-electron chi connectivity index (χ1n) is 10.2. The maximum absolute atomic E-state index is 12.0. The van der Waals surface area contributed by atoms with Gasteiger partial charge in [0.15, 0.2) is 0 Å². The van der Waals surface area contributed by atoms with Crippen LogP contribution in [0.3, 0.4) is 0 Å². The number of hydrogen-bond acceptors (Lipinski definition) is 5. The highest BCUT2D eigenvalue weighted by atomic mass is 16.5. The van der Waals surface area contributed by atoms with Gasteiger partial charge in [-0.3, -0.25) is 4.98 Å². The molecule has 2 heterocycles. The van der Waals surface area contributed by atoms with Crippen molar-refractivity contribution < 1.29 is 9.53 Å². The third-order valence-electron chi connectivity index (χ3n) is 5.86. The molecule has 1 N–H and O–H groups in total. The smallest absolute Gasteiger partial charge is 0.338 e. The molecule has 5 heteroatoms. The highest BCUT2D eigenvalue weighted by Gasteiger charge is 2.23. The quantitative estimate of drug-likeness (QED) is 0.606. The molecule has 1 aliphatic rings. The third kappa shape index (κ3) is 4.07. The summed E-state index contributed by atoms with van der Waals surface area (Å²) in [7, 11) is 3.51. The molecule has 0 amide bonds. The average Bonchev–Trinajstić information content (AvgIpc) is 3.19. The number of carbonyl (C=O) groups is 1. The minimum atomic E-state index is -0.309. The van der Waals surface area contributed by atoms with Gasteiger partial charge in [-0.2, -0.15) is 0 Å². The van der Waals surface area contributed by atoms with Gasteiger partial charge in [0, 0.05) is 43.4 Å². The largest absolute Gasteiger partial charge is 0.465 e. The van der Waals surface area contributed by atoms with E-state index in [4.69, 9.17) is 4.74 Å². The summed E-state index contributed by atoms with van der Waals surface area (Å²) in [5.74, 6) is -0.309. The van der Waals surface area contributed by atoms with Gasteiger partial charge in [-0.05, 0) is 66.8 Å². The molecule has 0 saturated carbocycles. The lowest BCUT2D eigenvalue weighted by atomic mass is 9.97. The predicted molar refractivity (Wildman–Crippen MR) is 119 cm³/mol. The summed E-state index contributed by atoms with van der Waals surface area (Å²) in [5, 5.41) is 3.61. The summed E-state index contributed by atoms with van der Waals surface area (Å²) in [6, 6.07) is 17.2. The molecule has 0 fully saturated rings. The average molecular weight is 402 g/mol. The van der Waals surface area contributed by atoms with Gasteiger partial charge in [0.2, 0.25) is 0 Å². The number of esters is 1. The van der Waals surface area contributed by atoms with E-state index < -0.39 is 0 Å². The molecular formula is C25H27N3O2. The van der Waals surface area contributed by atoms with Gasteiger partial charge in [-0.25, -0.2) is 4.79 Å². The Morgan fingerprint density at radius 1 is 1.17 bits per heavy atom. The van der Waals surface area contributed by atoms with Gasteiger partial charge in [0.25, 0.3) is 0 Å². The minimum absolute atomic E-state index is 0.268. The SMILES string of the molecule is COC(=O)c1ccncc1CC[C@H]1NCc2cc(N(C)c3ccc(C)cc3)ccc21. The van der Waals surface area contributed by atoms with Crippen LogP contribution in [0.4, 0.5) is 11.4 Å². The first kappa shape index (κ1) is 20.1. The second kappa shape index (κ2) is 8.67. The van der Waals surface area contributed by atoms with Crippen LogP contribution < -0.4 is 10.2 Å². The van der Waals surface area contributed by atoms with E-state index in [1.165, 1.54) is 35.2 Å². The molecule has 0 aliphatic carbocycles. The third-order valence-corrected chi connectivity index (χ3v) is 5.86. The van der Waals surface area contributed by atoms with Gasteiger partial charge >= 0.3 is 5.97 Å². The number of methoxy groups -OCH3 is 1. The number of aryl methyl sites for hydroxylation is 2. The number of rotatable bonds is 6. The van der Waals surface area contributed by atoms with Crippen molar-refractivity contribution in [3.63, 3.8) is 0 Å². The molecule has 1 atom stereocenters. The van der Waals surface area contributed by atoms with E-state index in [9.17, 15) is 4.79 Å². The molecule has 0 saturated heterocycles. The van der Waals surface area contributed by atoms with Gasteiger partial charge in [-0.15, -0.1) is 0 Å². The van der Waals surface area contributed by atoms with Crippen molar-refractivity contribution in [2.75, 3.05) is 19.1 Å². The van der Waals surface area contributed by atoms with Crippen LogP contribution in [0.15, 0.2) is 60.9 Å². The zero-order valence-electron chi connectivity index (χ0n) is 17.7. The van der Waals surface area contributed by atoms with Gasteiger partial charge < -0.3 is 15.0 Å². The second-order valence-electron chi connectivity index (χ2n) is 7.77. The predicted octanol–water partition coefficient (Wildman–Crippen LogP) is 4.72. The normalized spacial score (nSPS) is 15.0. The maximum atomic E-state index is 12.0. The zero-order valence-corrected chi connectivity index (χ0v) is 17.7. The van der Waals surface area contributed by atoms with Crippen molar-refractivity contribution in [3.8, 4) is 0 Å². The Labute approximate surface area is 177 Å². The Hall–Kier alpha value is -3.18. The van der Waals surface area contributed by atoms with Crippen LogP contribution >= 0.6 is 0 Å². The monoisotopic (exact) mass is 401 g/mol. The maximum Gasteiger partial charge on any atom is 0.338 e. The van der Waals surface area contributed by atoms with E-state index in [2.05, 4.69) is 71.6 Å². The highest BCUT2D eigenvalue weighted by Crippen LogP contribution is 2.33. The number of hydrogen-bond donors (Lipinski definition) is 1. The van der Waals surface area contributed by atoms with E-state index in [0.29, 0.717) is 5.56 Å². The van der Waals surface area contributed by atoms with E-state index in [-0.39, 0.29) is 12.0 Å². The first-order chi connectivity index (χ1) is 14.6. The van der Waals surface area contributed by atoms with Crippen LogP contribution in [-0.4, -0.2) is 25.1 Å². The fourth-order valence-electron chi connectivity index (χ4n) is 4.05. The molecule has 4 rings (SSSR count). The molecule has 2 aromatic carbocycles. The number of nitrogens with one attached hydrogen (secondary N) is 1. The van der Waals surface area contributed by atoms with Gasteiger partial charge in [-0.1, -0.05) is 23.8 Å². The summed E-state index contributed by atoms with van der Waals surface area (Å²) in [6.07, 6.45) is 5.06. The number of aromatic nitrogens is 1. The summed E-state index contributed by atoms with van der Waals surface area (Å²) in [6.45, 7) is 2.96. The molecule has 154 valence electrons. The van der Waals surface area contributed by atoms with Crippen molar-refractivity contribution in [1.29, 1.82) is 0 Å². The van der Waals surface area contributed by atoms with E-state index in [0.717, 1.165) is 24.9 Å². The Morgan fingerprint density at radius 3 is 2.70 bits per heavy atom. The molecule has 0 spiro atoms. The number of ether oxygens (including phenoxy) is 1. The Bertz CT molecular complexity index is 1050. The number of nitrogens with zero attached hydrogens (tertiary/aromatic N) is 2. The molecule has 0 unspecified atom stereocenters. The molecule has 5 nitrogen and oxygen atoms in total. The highest BCUT2D eigenvalue weighted by molar-refractivity contribution is 5.90. The minimum Gasteiger partial charge on any atom is -0.465 e. The molecule has 1 aliphatic heterocycles. The van der Waals surface area contributed by atoms with Crippen molar-refractivity contribution in [3.05, 3.63) is 88.7 Å². The lowest BCUT2D eigenvalue weighted by molar-refractivity contribution is 0.0599. The molecule has 0 radical (unpaired) electrons. The Kier molecular flexibility index (Phi) is 5.81. The van der Waals surface area contributed by atoms with Crippen molar-refractivity contribution in [2.24, 2.45) is 0 Å². The Morgan fingerprint density at radius 2 is 1.93 bits per heavy atom. The summed E-state index contributed by atoms with van der Waals surface area (Å²) in [5.41, 5.74) is 7.80. The van der Waals surface area contributed by atoms with E-state index in [1.54, 1.807) is 18.5 Å². The number of fused-ring (bicyclic) bond motifs is 1. The van der Waals surface area contributed by atoms with Crippen molar-refractivity contribution in [1.82, 2.24) is 10.3 Å². The molecular weight excluding hydrogens is 374 g/mol. The van der Waals surface area contributed by atoms with Gasteiger partial charge in [0.05, 0.1) is 12.7 Å². The van der Waals surface area contributed by atoms with Crippen molar-refractivity contribution >= 4 is 17.3 Å². The lowest BCUT2D eigenvalue weighted by Gasteiger charge is -2.21. The zero-order chi connectivity index (χ0) is 21.1. The van der Waals surface area contributed by atoms with Crippen molar-refractivity contribution in [2.45, 2.75) is 32.4 Å². The summed E-state index contributed by atoms with van der Waals surface area (Å²) < 4.78 is 4.90. The van der Waals surface area contributed by atoms with Crippen LogP contribution in [0, 0.1) is 6.92 Å². The molecule has 1 aromatic heterocycles. The molecule has 3 aromatic rings. The van der Waals surface area contributed by atoms with E-state index >= 15 is 0 Å². The summed E-state index contributed by atoms with van der Waals surface area (Å²) in [4.78, 5) is 18.4. The molecule has 0 bridgehead atoms. The van der Waals surface area contributed by atoms with E-state index in [1.807, 2.05) is 0 Å². The van der Waals surface area contributed by atoms with Crippen LogP contribution in [0.1, 0.15) is 45.1 Å². The standard InChI is InChI=1S/C25H27N3O2/c1-17-4-7-20(8-5-17)28(2)21-9-10-22-19(14-21)16-27-24(22)11-6-18-15-26-13-12-23(18)25(29)30-3/h4-5,7-10,12-15,24,27H,6,11,16H2,1-3H3/t24-/m1/s1. The second-order valence-corrected chi connectivity index (χ2v) is 7.77. The number of pyridine rings is 1. The first-order valence-corrected chi connectivity index (χ1v) is 10.2. The van der Waals surface area contributed by atoms with Crippen LogP contribution in [0.25, 0.3) is 0 Å². The van der Waals surface area contributed by atoms with Crippen LogP contribution in [0.2, 0.25) is 0 Å². The van der Waals surface area contributed by atoms with Crippen LogP contribution in [-0.2, 0) is 17.7 Å². The summed E-state index contributed by atoms with van der Waals surface area (Å²) >= 11 is 0. The Balaban J connectivity index is 1.48. The topological polar surface area (TPSA) is 54.5 Å².